The summed E-state index contributed by atoms with van der Waals surface area (Å²) in [5, 5.41) is 8.07. The van der Waals surface area contributed by atoms with Gasteiger partial charge in [-0.3, -0.25) is 0 Å². The Balaban J connectivity index is 0. The van der Waals surface area contributed by atoms with Crippen molar-refractivity contribution in [1.82, 2.24) is 0 Å². The van der Waals surface area contributed by atoms with Crippen molar-refractivity contribution in [3.05, 3.63) is 0 Å². The molecular weight excluding hydrogens is 157 g/mol. The SMILES string of the molecule is CON=C(C)C(F)=NOF.[B]. The van der Waals surface area contributed by atoms with Crippen LogP contribution in [0.2, 0.25) is 0 Å². The second-order valence-electron chi connectivity index (χ2n) is 1.31. The van der Waals surface area contributed by atoms with Crippen LogP contribution < -0.4 is 0 Å². The van der Waals surface area contributed by atoms with E-state index in [1.165, 1.54) is 14.0 Å². The predicted molar refractivity (Wildman–Crippen MR) is 36.6 cm³/mol. The van der Waals surface area contributed by atoms with E-state index in [1.54, 1.807) is 0 Å². The minimum absolute atomic E-state index is 0. The first-order chi connectivity index (χ1) is 4.72. The summed E-state index contributed by atoms with van der Waals surface area (Å²) in [6.07, 6.45) is 0. The number of rotatable bonds is 3. The van der Waals surface area contributed by atoms with E-state index in [4.69, 9.17) is 0 Å². The van der Waals surface area contributed by atoms with Gasteiger partial charge < -0.3 is 4.84 Å². The largest absolute Gasteiger partial charge is 0.399 e. The van der Waals surface area contributed by atoms with Gasteiger partial charge in [0.25, 0.3) is 5.97 Å². The van der Waals surface area contributed by atoms with Crippen molar-refractivity contribution in [2.24, 2.45) is 10.3 Å². The number of hydrogen-bond acceptors (Lipinski definition) is 4. The van der Waals surface area contributed by atoms with Crippen molar-refractivity contribution in [2.45, 2.75) is 6.92 Å². The third-order valence-corrected chi connectivity index (χ3v) is 0.641. The molecule has 61 valence electrons. The van der Waals surface area contributed by atoms with Crippen LogP contribution >= 0.6 is 0 Å². The molecule has 0 rings (SSSR count). The summed E-state index contributed by atoms with van der Waals surface area (Å²) in [5.41, 5.74) is -0.194. The molecule has 0 aromatic rings. The Morgan fingerprint density at radius 3 is 2.27 bits per heavy atom. The van der Waals surface area contributed by atoms with Crippen molar-refractivity contribution < 1.29 is 18.8 Å². The first kappa shape index (κ1) is 12.5. The van der Waals surface area contributed by atoms with Crippen LogP contribution in [-0.4, -0.2) is 27.2 Å². The maximum atomic E-state index is 12.2. The lowest BCUT2D eigenvalue weighted by molar-refractivity contribution is -0.131. The summed E-state index contributed by atoms with van der Waals surface area (Å²) in [6.45, 7) is 1.25. The van der Waals surface area contributed by atoms with E-state index in [-0.39, 0.29) is 14.1 Å². The summed E-state index contributed by atoms with van der Waals surface area (Å²) in [4.78, 5) is 4.16. The average molecular weight is 163 g/mol. The summed E-state index contributed by atoms with van der Waals surface area (Å²) in [7, 11) is 1.23. The molecule has 0 aliphatic heterocycles. The van der Waals surface area contributed by atoms with Crippen LogP contribution in [0.4, 0.5) is 8.92 Å². The normalized spacial score (nSPS) is 12.0. The Kier molecular flexibility index (Phi) is 7.95. The monoisotopic (exact) mass is 163 g/mol. The Bertz CT molecular complexity index is 144. The molecule has 0 heterocycles. The van der Waals surface area contributed by atoms with Gasteiger partial charge in [-0.2, -0.15) is 9.43 Å². The Morgan fingerprint density at radius 1 is 1.36 bits per heavy atom. The molecule has 7 heteroatoms. The third kappa shape index (κ3) is 5.32. The van der Waals surface area contributed by atoms with Crippen molar-refractivity contribution >= 4 is 20.1 Å². The molecule has 4 nitrogen and oxygen atoms in total. The summed E-state index contributed by atoms with van der Waals surface area (Å²) in [5.74, 6) is -1.16. The van der Waals surface area contributed by atoms with E-state index in [9.17, 15) is 8.92 Å². The fraction of sp³-hybridized carbons (Fsp3) is 0.500. The number of hydrogen-bond donors (Lipinski definition) is 0. The van der Waals surface area contributed by atoms with Gasteiger partial charge in [0.15, 0.2) is 0 Å². The molecule has 0 bridgehead atoms. The molecule has 3 radical (unpaired) electrons. The smallest absolute Gasteiger partial charge is 0.278 e. The maximum Gasteiger partial charge on any atom is 0.278 e. The van der Waals surface area contributed by atoms with Crippen LogP contribution in [-0.2, 0) is 9.88 Å². The minimum Gasteiger partial charge on any atom is -0.399 e. The average Bonchev–Trinajstić information content (AvgIpc) is 1.89. The zero-order valence-corrected chi connectivity index (χ0v) is 6.04. The Labute approximate surface area is 64.3 Å². The molecule has 11 heavy (non-hydrogen) atoms. The summed E-state index contributed by atoms with van der Waals surface area (Å²) >= 11 is 0. The number of oxime groups is 2. The van der Waals surface area contributed by atoms with Gasteiger partial charge in [0, 0.05) is 12.9 Å². The lowest BCUT2D eigenvalue weighted by atomic mass is 10.5. The van der Waals surface area contributed by atoms with E-state index < -0.39 is 5.97 Å². The molecule has 0 aliphatic carbocycles. The Hall–Kier alpha value is -1.14. The molecule has 0 spiro atoms. The van der Waals surface area contributed by atoms with Gasteiger partial charge in [-0.1, -0.05) is 5.16 Å². The number of nitrogens with zero attached hydrogens (tertiary/aromatic N) is 2. The van der Waals surface area contributed by atoms with Gasteiger partial charge in [-0.05, 0) is 12.1 Å². The van der Waals surface area contributed by atoms with Crippen molar-refractivity contribution in [3.63, 3.8) is 0 Å². The molecular formula is C4H6BF2N2O2. The molecule has 0 unspecified atom stereocenters. The van der Waals surface area contributed by atoms with E-state index >= 15 is 0 Å². The van der Waals surface area contributed by atoms with Gasteiger partial charge >= 0.3 is 0 Å². The molecule has 0 N–H and O–H groups in total. The zero-order valence-electron chi connectivity index (χ0n) is 6.04. The molecule has 0 saturated heterocycles. The fourth-order valence-corrected chi connectivity index (χ4v) is 0.271. The number of halogens is 2. The molecule has 0 aromatic heterocycles. The lowest BCUT2D eigenvalue weighted by Gasteiger charge is -1.90. The first-order valence-electron chi connectivity index (χ1n) is 2.31. The van der Waals surface area contributed by atoms with Crippen molar-refractivity contribution in [1.29, 1.82) is 0 Å². The van der Waals surface area contributed by atoms with Gasteiger partial charge in [0.05, 0.1) is 0 Å². The summed E-state index contributed by atoms with van der Waals surface area (Å²) in [6, 6.07) is 0. The standard InChI is InChI=1S/C4H6F2N2O2.B/c1-3(7-9-2)4(5)8-10-6;/h1-2H3;. The van der Waals surface area contributed by atoms with Crippen LogP contribution in [0.1, 0.15) is 6.92 Å². The van der Waals surface area contributed by atoms with E-state index in [0.29, 0.717) is 0 Å². The first-order valence-corrected chi connectivity index (χ1v) is 2.31. The van der Waals surface area contributed by atoms with Gasteiger partial charge in [-0.25, -0.2) is 0 Å². The molecule has 0 amide bonds. The molecule has 0 saturated carbocycles. The van der Waals surface area contributed by atoms with Crippen LogP contribution in [0, 0.1) is 0 Å². The third-order valence-electron chi connectivity index (χ3n) is 0.641. The second kappa shape index (κ2) is 6.98. The highest BCUT2D eigenvalue weighted by atomic mass is 19.3. The van der Waals surface area contributed by atoms with E-state index in [2.05, 4.69) is 20.2 Å². The van der Waals surface area contributed by atoms with Crippen LogP contribution in [0.3, 0.4) is 0 Å². The highest BCUT2D eigenvalue weighted by Crippen LogP contribution is 1.89. The van der Waals surface area contributed by atoms with Gasteiger partial charge in [0.1, 0.15) is 12.8 Å². The minimum atomic E-state index is -1.16. The van der Waals surface area contributed by atoms with Crippen LogP contribution in [0.5, 0.6) is 0 Å². The Morgan fingerprint density at radius 2 is 1.91 bits per heavy atom. The highest BCUT2D eigenvalue weighted by molar-refractivity contribution is 6.37. The highest BCUT2D eigenvalue weighted by Gasteiger charge is 2.02. The predicted octanol–water partition coefficient (Wildman–Crippen LogP) is 0.812. The summed E-state index contributed by atoms with van der Waals surface area (Å²) < 4.78 is 23.0. The lowest BCUT2D eigenvalue weighted by Crippen LogP contribution is -2.03. The van der Waals surface area contributed by atoms with E-state index in [0.717, 1.165) is 0 Å². The van der Waals surface area contributed by atoms with Crippen LogP contribution in [0.15, 0.2) is 10.3 Å². The fourth-order valence-electron chi connectivity index (χ4n) is 0.271. The van der Waals surface area contributed by atoms with Crippen LogP contribution in [0.25, 0.3) is 0 Å². The molecule has 0 fully saturated rings. The van der Waals surface area contributed by atoms with Crippen molar-refractivity contribution in [3.8, 4) is 0 Å². The molecule has 0 atom stereocenters. The topological polar surface area (TPSA) is 43.2 Å². The zero-order chi connectivity index (χ0) is 7.98. The van der Waals surface area contributed by atoms with Crippen molar-refractivity contribution in [2.75, 3.05) is 7.11 Å². The molecule has 0 aliphatic rings. The quantitative estimate of drug-likeness (QED) is 0.351. The molecule has 0 aromatic carbocycles. The maximum absolute atomic E-state index is 12.2. The van der Waals surface area contributed by atoms with Gasteiger partial charge in [-0.15, -0.1) is 0 Å². The second-order valence-corrected chi connectivity index (χ2v) is 1.31. The van der Waals surface area contributed by atoms with E-state index in [1.807, 2.05) is 0 Å². The van der Waals surface area contributed by atoms with Gasteiger partial charge in [0.2, 0.25) is 0 Å².